The van der Waals surface area contributed by atoms with E-state index in [0.717, 1.165) is 24.7 Å². The van der Waals surface area contributed by atoms with Crippen molar-refractivity contribution in [1.29, 1.82) is 0 Å². The summed E-state index contributed by atoms with van der Waals surface area (Å²) in [6.07, 6.45) is 2.25. The third-order valence-corrected chi connectivity index (χ3v) is 3.24. The van der Waals surface area contributed by atoms with E-state index in [-0.39, 0.29) is 5.91 Å². The maximum absolute atomic E-state index is 12.2. The quantitative estimate of drug-likeness (QED) is 0.781. The van der Waals surface area contributed by atoms with E-state index in [2.05, 4.69) is 15.9 Å². The van der Waals surface area contributed by atoms with Crippen LogP contribution in [0.3, 0.4) is 0 Å². The van der Waals surface area contributed by atoms with Crippen LogP contribution in [0.25, 0.3) is 0 Å². The van der Waals surface area contributed by atoms with Gasteiger partial charge in [0.05, 0.1) is 0 Å². The molecule has 1 aromatic rings. The molecule has 0 bridgehead atoms. The molecule has 1 amide bonds. The van der Waals surface area contributed by atoms with E-state index in [1.165, 1.54) is 0 Å². The van der Waals surface area contributed by atoms with Crippen molar-refractivity contribution in [3.05, 3.63) is 34.9 Å². The number of hydrogen-bond acceptors (Lipinski definition) is 1. The largest absolute Gasteiger partial charge is 0.335 e. The molecule has 0 radical (unpaired) electrons. The lowest BCUT2D eigenvalue weighted by Crippen LogP contribution is -2.34. The highest BCUT2D eigenvalue weighted by Crippen LogP contribution is 2.28. The van der Waals surface area contributed by atoms with Crippen molar-refractivity contribution >= 4 is 33.4 Å². The van der Waals surface area contributed by atoms with Crippen LogP contribution in [0.2, 0.25) is 5.02 Å². The molecule has 2 rings (SSSR count). The van der Waals surface area contributed by atoms with Crippen LogP contribution in [0.4, 0.5) is 0 Å². The predicted molar refractivity (Wildman–Crippen MR) is 69.3 cm³/mol. The fourth-order valence-electron chi connectivity index (χ4n) is 1.71. The molecule has 4 heteroatoms. The molecule has 1 saturated carbocycles. The lowest BCUT2D eigenvalue weighted by Gasteiger charge is -2.21. The Morgan fingerprint density at radius 3 is 2.81 bits per heavy atom. The molecule has 0 aliphatic heterocycles. The molecule has 2 nitrogen and oxygen atoms in total. The Morgan fingerprint density at radius 2 is 2.25 bits per heavy atom. The molecule has 86 valence electrons. The summed E-state index contributed by atoms with van der Waals surface area (Å²) in [5.41, 5.74) is 0.681. The first kappa shape index (κ1) is 11.9. The van der Waals surface area contributed by atoms with Crippen LogP contribution >= 0.6 is 27.5 Å². The van der Waals surface area contributed by atoms with Crippen molar-refractivity contribution in [3.63, 3.8) is 0 Å². The number of carbonyl (C=O) groups is 1. The molecule has 0 atom stereocenters. The lowest BCUT2D eigenvalue weighted by atomic mass is 10.2. The first-order chi connectivity index (χ1) is 7.72. The number of halogens is 2. The molecule has 0 unspecified atom stereocenters. The Bertz CT molecular complexity index is 392. The van der Waals surface area contributed by atoms with Gasteiger partial charge in [0.15, 0.2) is 0 Å². The zero-order chi connectivity index (χ0) is 11.5. The van der Waals surface area contributed by atoms with Crippen LogP contribution in [0.1, 0.15) is 23.2 Å². The lowest BCUT2D eigenvalue weighted by molar-refractivity contribution is 0.0754. The Hall–Kier alpha value is -0.540. The molecule has 1 aliphatic carbocycles. The maximum atomic E-state index is 12.2. The van der Waals surface area contributed by atoms with Gasteiger partial charge in [-0.05, 0) is 31.0 Å². The van der Waals surface area contributed by atoms with Crippen molar-refractivity contribution in [2.75, 3.05) is 11.9 Å². The molecule has 0 heterocycles. The van der Waals surface area contributed by atoms with E-state index >= 15 is 0 Å². The minimum Gasteiger partial charge on any atom is -0.335 e. The van der Waals surface area contributed by atoms with Crippen molar-refractivity contribution in [2.45, 2.75) is 18.9 Å². The second kappa shape index (κ2) is 5.19. The van der Waals surface area contributed by atoms with Gasteiger partial charge in [-0.15, -0.1) is 0 Å². The van der Waals surface area contributed by atoms with Gasteiger partial charge in [-0.1, -0.05) is 33.6 Å². The van der Waals surface area contributed by atoms with Crippen molar-refractivity contribution in [1.82, 2.24) is 4.90 Å². The minimum atomic E-state index is 0.0875. The minimum absolute atomic E-state index is 0.0875. The van der Waals surface area contributed by atoms with Crippen LogP contribution in [0.5, 0.6) is 0 Å². The van der Waals surface area contributed by atoms with E-state index in [1.807, 2.05) is 17.0 Å². The summed E-state index contributed by atoms with van der Waals surface area (Å²) in [6, 6.07) is 7.58. The van der Waals surface area contributed by atoms with Gasteiger partial charge in [0.25, 0.3) is 5.91 Å². The van der Waals surface area contributed by atoms with Gasteiger partial charge in [0.2, 0.25) is 0 Å². The number of amides is 1. The Kier molecular flexibility index (Phi) is 3.87. The first-order valence-corrected chi connectivity index (χ1v) is 6.85. The molecular weight excluding hydrogens is 289 g/mol. The zero-order valence-electron chi connectivity index (χ0n) is 8.83. The van der Waals surface area contributed by atoms with Crippen LogP contribution in [0, 0.1) is 0 Å². The number of alkyl halides is 1. The topological polar surface area (TPSA) is 20.3 Å². The normalized spacial score (nSPS) is 14.9. The summed E-state index contributed by atoms with van der Waals surface area (Å²) in [5, 5.41) is 1.43. The molecule has 1 fully saturated rings. The van der Waals surface area contributed by atoms with E-state index in [4.69, 9.17) is 11.6 Å². The third kappa shape index (κ3) is 2.77. The van der Waals surface area contributed by atoms with Gasteiger partial charge in [-0.3, -0.25) is 4.79 Å². The maximum Gasteiger partial charge on any atom is 0.254 e. The average molecular weight is 303 g/mol. The SMILES string of the molecule is O=C(c1cccc(Cl)c1)N(CCBr)C1CC1. The fraction of sp³-hybridized carbons (Fsp3) is 0.417. The van der Waals surface area contributed by atoms with E-state index < -0.39 is 0 Å². The molecule has 16 heavy (non-hydrogen) atoms. The van der Waals surface area contributed by atoms with Gasteiger partial charge < -0.3 is 4.90 Å². The zero-order valence-corrected chi connectivity index (χ0v) is 11.2. The first-order valence-electron chi connectivity index (χ1n) is 5.35. The van der Waals surface area contributed by atoms with Crippen molar-refractivity contribution in [3.8, 4) is 0 Å². The average Bonchev–Trinajstić information content (AvgIpc) is 3.09. The molecule has 0 aromatic heterocycles. The molecular formula is C12H13BrClNO. The van der Waals surface area contributed by atoms with Gasteiger partial charge in [-0.25, -0.2) is 0 Å². The standard InChI is InChI=1S/C12H13BrClNO/c13-6-7-15(11-4-5-11)12(16)9-2-1-3-10(14)8-9/h1-3,8,11H,4-7H2. The Morgan fingerprint density at radius 1 is 1.50 bits per heavy atom. The highest BCUT2D eigenvalue weighted by atomic mass is 79.9. The highest BCUT2D eigenvalue weighted by Gasteiger charge is 2.32. The van der Waals surface area contributed by atoms with Crippen LogP contribution in [-0.2, 0) is 0 Å². The van der Waals surface area contributed by atoms with Gasteiger partial charge >= 0.3 is 0 Å². The predicted octanol–water partition coefficient (Wildman–Crippen LogP) is 3.34. The van der Waals surface area contributed by atoms with Crippen LogP contribution in [0.15, 0.2) is 24.3 Å². The molecule has 1 aliphatic rings. The van der Waals surface area contributed by atoms with E-state index in [9.17, 15) is 4.79 Å². The summed E-state index contributed by atoms with van der Waals surface area (Å²) in [4.78, 5) is 14.1. The van der Waals surface area contributed by atoms with E-state index in [1.54, 1.807) is 12.1 Å². The summed E-state index contributed by atoms with van der Waals surface area (Å²) >= 11 is 9.27. The summed E-state index contributed by atoms with van der Waals surface area (Å²) < 4.78 is 0. The van der Waals surface area contributed by atoms with Gasteiger partial charge in [0.1, 0.15) is 0 Å². The van der Waals surface area contributed by atoms with Crippen LogP contribution in [-0.4, -0.2) is 28.7 Å². The van der Waals surface area contributed by atoms with Crippen molar-refractivity contribution in [2.24, 2.45) is 0 Å². The van der Waals surface area contributed by atoms with Gasteiger partial charge in [0, 0.05) is 28.5 Å². The summed E-state index contributed by atoms with van der Waals surface area (Å²) in [6.45, 7) is 0.760. The smallest absolute Gasteiger partial charge is 0.254 e. The number of benzene rings is 1. The monoisotopic (exact) mass is 301 g/mol. The number of carbonyl (C=O) groups excluding carboxylic acids is 1. The molecule has 0 saturated heterocycles. The molecule has 1 aromatic carbocycles. The molecule has 0 spiro atoms. The molecule has 0 N–H and O–H groups in total. The third-order valence-electron chi connectivity index (χ3n) is 2.65. The Labute approximate surface area is 109 Å². The second-order valence-corrected chi connectivity index (χ2v) is 5.16. The van der Waals surface area contributed by atoms with Crippen molar-refractivity contribution < 1.29 is 4.79 Å². The van der Waals surface area contributed by atoms with Crippen LogP contribution < -0.4 is 0 Å². The number of nitrogens with zero attached hydrogens (tertiary/aromatic N) is 1. The number of rotatable bonds is 4. The summed E-state index contributed by atoms with van der Waals surface area (Å²) in [7, 11) is 0. The highest BCUT2D eigenvalue weighted by molar-refractivity contribution is 9.09. The summed E-state index contributed by atoms with van der Waals surface area (Å²) in [5.74, 6) is 0.0875. The van der Waals surface area contributed by atoms with Gasteiger partial charge in [-0.2, -0.15) is 0 Å². The Balaban J connectivity index is 2.15. The second-order valence-electron chi connectivity index (χ2n) is 3.93. The van der Waals surface area contributed by atoms with E-state index in [0.29, 0.717) is 16.6 Å². The fourth-order valence-corrected chi connectivity index (χ4v) is 2.29. The number of hydrogen-bond donors (Lipinski definition) is 0.